The molecule has 1 aliphatic rings. The van der Waals surface area contributed by atoms with Crippen molar-refractivity contribution in [2.75, 3.05) is 13.1 Å². The highest BCUT2D eigenvalue weighted by Crippen LogP contribution is 2.12. The summed E-state index contributed by atoms with van der Waals surface area (Å²) in [4.78, 5) is 13.5. The predicted molar refractivity (Wildman–Crippen MR) is 56.0 cm³/mol. The number of nitrogens with zero attached hydrogens (tertiary/aromatic N) is 1. The van der Waals surface area contributed by atoms with E-state index in [0.29, 0.717) is 13.0 Å². The molecule has 3 nitrogen and oxygen atoms in total. The molecule has 1 unspecified atom stereocenters. The lowest BCUT2D eigenvalue weighted by atomic mass is 10.1. The van der Waals surface area contributed by atoms with Crippen molar-refractivity contribution in [1.29, 1.82) is 0 Å². The van der Waals surface area contributed by atoms with Gasteiger partial charge in [-0.2, -0.15) is 0 Å². The molecule has 82 valence electrons. The summed E-state index contributed by atoms with van der Waals surface area (Å²) in [7, 11) is 0. The lowest BCUT2D eigenvalue weighted by Gasteiger charge is -2.26. The van der Waals surface area contributed by atoms with Gasteiger partial charge in [0.15, 0.2) is 0 Å². The summed E-state index contributed by atoms with van der Waals surface area (Å²) in [5.41, 5.74) is 0. The number of β-amino-alcohol motifs (C(OH)–C–C–N with tert-alkyl or cyclic N) is 1. The van der Waals surface area contributed by atoms with E-state index in [1.54, 1.807) is 0 Å². The van der Waals surface area contributed by atoms with E-state index in [0.717, 1.165) is 25.8 Å². The second-order valence-electron chi connectivity index (χ2n) is 4.07. The first-order valence-electron chi connectivity index (χ1n) is 5.70. The van der Waals surface area contributed by atoms with Crippen LogP contribution in [0.1, 0.15) is 45.4 Å². The van der Waals surface area contributed by atoms with Crippen LogP contribution in [0, 0.1) is 0 Å². The number of rotatable bonds is 3. The maximum atomic E-state index is 11.6. The van der Waals surface area contributed by atoms with E-state index in [1.165, 1.54) is 12.8 Å². The maximum absolute atomic E-state index is 11.6. The Morgan fingerprint density at radius 2 is 2.07 bits per heavy atom. The van der Waals surface area contributed by atoms with E-state index in [2.05, 4.69) is 0 Å². The summed E-state index contributed by atoms with van der Waals surface area (Å²) in [6, 6.07) is 0. The van der Waals surface area contributed by atoms with Crippen molar-refractivity contribution in [2.24, 2.45) is 0 Å². The van der Waals surface area contributed by atoms with Gasteiger partial charge in [0.25, 0.3) is 0 Å². The normalized spacial score (nSPS) is 21.6. The van der Waals surface area contributed by atoms with Crippen molar-refractivity contribution < 1.29 is 9.90 Å². The van der Waals surface area contributed by atoms with E-state index < -0.39 is 0 Å². The monoisotopic (exact) mass is 199 g/mol. The van der Waals surface area contributed by atoms with E-state index >= 15 is 0 Å². The molecule has 0 aromatic rings. The van der Waals surface area contributed by atoms with Crippen LogP contribution in [0.2, 0.25) is 0 Å². The molecule has 0 spiro atoms. The van der Waals surface area contributed by atoms with Crippen LogP contribution in [0.4, 0.5) is 0 Å². The van der Waals surface area contributed by atoms with E-state index in [4.69, 9.17) is 0 Å². The first kappa shape index (κ1) is 11.5. The van der Waals surface area contributed by atoms with Crippen LogP contribution in [-0.2, 0) is 4.79 Å². The SMILES string of the molecule is CCC(O)CN1CCCCCCC1=O. The summed E-state index contributed by atoms with van der Waals surface area (Å²) in [5.74, 6) is 0.220. The van der Waals surface area contributed by atoms with E-state index in [-0.39, 0.29) is 12.0 Å². The van der Waals surface area contributed by atoms with Crippen LogP contribution in [0.25, 0.3) is 0 Å². The van der Waals surface area contributed by atoms with Crippen molar-refractivity contribution in [3.63, 3.8) is 0 Å². The Morgan fingerprint density at radius 3 is 2.79 bits per heavy atom. The number of carbonyl (C=O) groups excluding carboxylic acids is 1. The van der Waals surface area contributed by atoms with Crippen LogP contribution in [0.15, 0.2) is 0 Å². The Kier molecular flexibility index (Phi) is 4.94. The van der Waals surface area contributed by atoms with Gasteiger partial charge in [-0.1, -0.05) is 19.8 Å². The van der Waals surface area contributed by atoms with Crippen molar-refractivity contribution in [3.8, 4) is 0 Å². The van der Waals surface area contributed by atoms with Crippen LogP contribution in [0.5, 0.6) is 0 Å². The number of hydrogen-bond acceptors (Lipinski definition) is 2. The fraction of sp³-hybridized carbons (Fsp3) is 0.909. The molecule has 1 aliphatic heterocycles. The molecule has 1 heterocycles. The molecule has 1 amide bonds. The Labute approximate surface area is 86.1 Å². The van der Waals surface area contributed by atoms with Gasteiger partial charge in [-0.15, -0.1) is 0 Å². The molecule has 1 N–H and O–H groups in total. The minimum atomic E-state index is -0.349. The molecule has 1 fully saturated rings. The number of aliphatic hydroxyl groups is 1. The van der Waals surface area contributed by atoms with Gasteiger partial charge >= 0.3 is 0 Å². The summed E-state index contributed by atoms with van der Waals surface area (Å²) >= 11 is 0. The molecule has 0 aliphatic carbocycles. The second-order valence-corrected chi connectivity index (χ2v) is 4.07. The summed E-state index contributed by atoms with van der Waals surface area (Å²) in [6.45, 7) is 3.30. The lowest BCUT2D eigenvalue weighted by Crippen LogP contribution is -2.38. The molecule has 0 aromatic heterocycles. The Morgan fingerprint density at radius 1 is 1.36 bits per heavy atom. The molecule has 1 atom stereocenters. The molecule has 3 heteroatoms. The zero-order valence-electron chi connectivity index (χ0n) is 9.04. The Hall–Kier alpha value is -0.570. The van der Waals surface area contributed by atoms with Gasteiger partial charge in [-0.05, 0) is 19.3 Å². The maximum Gasteiger partial charge on any atom is 0.222 e. The minimum Gasteiger partial charge on any atom is -0.391 e. The largest absolute Gasteiger partial charge is 0.391 e. The van der Waals surface area contributed by atoms with E-state index in [9.17, 15) is 9.90 Å². The van der Waals surface area contributed by atoms with Gasteiger partial charge in [0.1, 0.15) is 0 Å². The van der Waals surface area contributed by atoms with Crippen molar-refractivity contribution >= 4 is 5.91 Å². The molecule has 0 bridgehead atoms. The fourth-order valence-electron chi connectivity index (χ4n) is 1.79. The van der Waals surface area contributed by atoms with Crippen molar-refractivity contribution in [1.82, 2.24) is 4.90 Å². The zero-order valence-corrected chi connectivity index (χ0v) is 9.04. The molecule has 0 aromatic carbocycles. The number of carbonyl (C=O) groups is 1. The molecule has 1 rings (SSSR count). The summed E-state index contributed by atoms with van der Waals surface area (Å²) in [6.07, 6.45) is 5.53. The Balaban J connectivity index is 2.41. The lowest BCUT2D eigenvalue weighted by molar-refractivity contribution is -0.133. The van der Waals surface area contributed by atoms with Gasteiger partial charge in [0, 0.05) is 19.5 Å². The van der Waals surface area contributed by atoms with Crippen LogP contribution < -0.4 is 0 Å². The van der Waals surface area contributed by atoms with Gasteiger partial charge in [-0.25, -0.2) is 0 Å². The molecular weight excluding hydrogens is 178 g/mol. The Bertz CT molecular complexity index is 182. The molecular formula is C11H21NO2. The van der Waals surface area contributed by atoms with Crippen LogP contribution >= 0.6 is 0 Å². The average molecular weight is 199 g/mol. The van der Waals surface area contributed by atoms with Crippen molar-refractivity contribution in [2.45, 2.75) is 51.6 Å². The third kappa shape index (κ3) is 3.66. The third-order valence-electron chi connectivity index (χ3n) is 2.82. The molecule has 14 heavy (non-hydrogen) atoms. The van der Waals surface area contributed by atoms with Gasteiger partial charge in [0.05, 0.1) is 6.10 Å². The molecule has 0 saturated carbocycles. The summed E-state index contributed by atoms with van der Waals surface area (Å²) < 4.78 is 0. The zero-order chi connectivity index (χ0) is 10.4. The first-order valence-corrected chi connectivity index (χ1v) is 5.70. The number of hydrogen-bond donors (Lipinski definition) is 1. The highest BCUT2D eigenvalue weighted by Gasteiger charge is 2.17. The summed E-state index contributed by atoms with van der Waals surface area (Å²) in [5, 5.41) is 9.50. The number of aliphatic hydroxyl groups excluding tert-OH is 1. The highest BCUT2D eigenvalue weighted by atomic mass is 16.3. The van der Waals surface area contributed by atoms with Gasteiger partial charge < -0.3 is 10.0 Å². The standard InChI is InChI=1S/C11H21NO2/c1-2-10(13)9-12-8-6-4-3-5-7-11(12)14/h10,13H,2-9H2,1H3. The topological polar surface area (TPSA) is 40.5 Å². The first-order chi connectivity index (χ1) is 6.74. The number of likely N-dealkylation sites (tertiary alicyclic amines) is 1. The fourth-order valence-corrected chi connectivity index (χ4v) is 1.79. The predicted octanol–water partition coefficient (Wildman–Crippen LogP) is 1.55. The van der Waals surface area contributed by atoms with Gasteiger partial charge in [-0.3, -0.25) is 4.79 Å². The van der Waals surface area contributed by atoms with Crippen LogP contribution in [0.3, 0.4) is 0 Å². The second kappa shape index (κ2) is 6.02. The smallest absolute Gasteiger partial charge is 0.222 e. The molecule has 1 saturated heterocycles. The van der Waals surface area contributed by atoms with Crippen molar-refractivity contribution in [3.05, 3.63) is 0 Å². The quantitative estimate of drug-likeness (QED) is 0.749. The minimum absolute atomic E-state index is 0.220. The molecule has 0 radical (unpaired) electrons. The van der Waals surface area contributed by atoms with E-state index in [1.807, 2.05) is 11.8 Å². The highest BCUT2D eigenvalue weighted by molar-refractivity contribution is 5.76. The van der Waals surface area contributed by atoms with Crippen LogP contribution in [-0.4, -0.2) is 35.1 Å². The van der Waals surface area contributed by atoms with Gasteiger partial charge in [0.2, 0.25) is 5.91 Å². The number of amides is 1. The average Bonchev–Trinajstić information content (AvgIpc) is 2.17. The third-order valence-corrected chi connectivity index (χ3v) is 2.82.